The van der Waals surface area contributed by atoms with E-state index in [4.69, 9.17) is 4.74 Å². The molecule has 2 unspecified atom stereocenters. The highest BCUT2D eigenvalue weighted by Crippen LogP contribution is 2.10. The predicted octanol–water partition coefficient (Wildman–Crippen LogP) is 2.94. The first kappa shape index (κ1) is 14.2. The van der Waals surface area contributed by atoms with Crippen molar-refractivity contribution < 1.29 is 4.74 Å². The van der Waals surface area contributed by atoms with Crippen LogP contribution in [0.1, 0.15) is 31.4 Å². The van der Waals surface area contributed by atoms with Crippen LogP contribution in [0.4, 0.5) is 0 Å². The molecule has 1 N–H and O–H groups in total. The van der Waals surface area contributed by atoms with Crippen LogP contribution in [-0.4, -0.2) is 25.8 Å². The Morgan fingerprint density at radius 3 is 2.41 bits per heavy atom. The molecule has 0 aliphatic heterocycles. The van der Waals surface area contributed by atoms with E-state index in [-0.39, 0.29) is 0 Å². The fraction of sp³-hybridized carbons (Fsp3) is 0.600. The first-order valence-electron chi connectivity index (χ1n) is 6.47. The van der Waals surface area contributed by atoms with Gasteiger partial charge in [0.25, 0.3) is 0 Å². The number of benzene rings is 1. The fourth-order valence-corrected chi connectivity index (χ4v) is 2.03. The Morgan fingerprint density at radius 1 is 1.24 bits per heavy atom. The Balaban J connectivity index is 2.56. The van der Waals surface area contributed by atoms with Crippen molar-refractivity contribution in [2.45, 2.75) is 45.8 Å². The van der Waals surface area contributed by atoms with Gasteiger partial charge in [0, 0.05) is 13.2 Å². The van der Waals surface area contributed by atoms with Crippen molar-refractivity contribution in [1.82, 2.24) is 5.32 Å². The van der Waals surface area contributed by atoms with Crippen LogP contribution in [-0.2, 0) is 11.2 Å². The summed E-state index contributed by atoms with van der Waals surface area (Å²) < 4.78 is 5.34. The van der Waals surface area contributed by atoms with Gasteiger partial charge in [0.2, 0.25) is 0 Å². The molecule has 1 aromatic carbocycles. The summed E-state index contributed by atoms with van der Waals surface area (Å²) in [6, 6.07) is 9.29. The highest BCUT2D eigenvalue weighted by Gasteiger charge is 2.12. The maximum absolute atomic E-state index is 5.34. The predicted molar refractivity (Wildman–Crippen MR) is 73.4 cm³/mol. The van der Waals surface area contributed by atoms with Crippen LogP contribution in [0.5, 0.6) is 0 Å². The highest BCUT2D eigenvalue weighted by atomic mass is 16.5. The molecule has 2 nitrogen and oxygen atoms in total. The van der Waals surface area contributed by atoms with Gasteiger partial charge in [-0.15, -0.1) is 0 Å². The van der Waals surface area contributed by atoms with Crippen molar-refractivity contribution in [3.63, 3.8) is 0 Å². The molecule has 96 valence electrons. The van der Waals surface area contributed by atoms with Crippen molar-refractivity contribution in [2.75, 3.05) is 13.7 Å². The molecular weight excluding hydrogens is 210 g/mol. The van der Waals surface area contributed by atoms with Gasteiger partial charge in [-0.3, -0.25) is 0 Å². The minimum Gasteiger partial charge on any atom is -0.382 e. The molecule has 1 rings (SSSR count). The van der Waals surface area contributed by atoms with E-state index in [1.54, 1.807) is 7.11 Å². The zero-order valence-electron chi connectivity index (χ0n) is 11.5. The molecule has 0 fully saturated rings. The monoisotopic (exact) mass is 235 g/mol. The molecule has 17 heavy (non-hydrogen) atoms. The van der Waals surface area contributed by atoms with Gasteiger partial charge in [-0.2, -0.15) is 0 Å². The first-order valence-corrected chi connectivity index (χ1v) is 6.47. The van der Waals surface area contributed by atoms with Crippen LogP contribution >= 0.6 is 0 Å². The molecule has 0 saturated heterocycles. The van der Waals surface area contributed by atoms with Gasteiger partial charge >= 0.3 is 0 Å². The van der Waals surface area contributed by atoms with Crippen molar-refractivity contribution in [1.29, 1.82) is 0 Å². The van der Waals surface area contributed by atoms with Crippen LogP contribution in [0.15, 0.2) is 24.3 Å². The van der Waals surface area contributed by atoms with Crippen molar-refractivity contribution in [2.24, 2.45) is 0 Å². The van der Waals surface area contributed by atoms with E-state index in [0.29, 0.717) is 12.1 Å². The third-order valence-corrected chi connectivity index (χ3v) is 3.11. The summed E-state index contributed by atoms with van der Waals surface area (Å²) in [5, 5.41) is 3.53. The van der Waals surface area contributed by atoms with Gasteiger partial charge in [0.15, 0.2) is 0 Å². The molecule has 0 bridgehead atoms. The van der Waals surface area contributed by atoms with E-state index in [1.807, 2.05) is 0 Å². The minimum absolute atomic E-state index is 0.310. The molecule has 0 saturated carbocycles. The Labute approximate surface area is 105 Å². The van der Waals surface area contributed by atoms with Gasteiger partial charge in [-0.25, -0.2) is 0 Å². The van der Waals surface area contributed by atoms with E-state index < -0.39 is 0 Å². The van der Waals surface area contributed by atoms with Gasteiger partial charge in [-0.05, 0) is 38.8 Å². The Kier molecular flexibility index (Phi) is 6.23. The third kappa shape index (κ3) is 5.33. The molecule has 2 atom stereocenters. The van der Waals surface area contributed by atoms with Gasteiger partial charge < -0.3 is 10.1 Å². The molecule has 0 aliphatic rings. The maximum atomic E-state index is 5.34. The van der Waals surface area contributed by atoms with Crippen LogP contribution < -0.4 is 5.32 Å². The standard InChI is InChI=1S/C15H25NO/c1-5-16-15(10-13(3)17-4)11-14-8-6-12(2)7-9-14/h6-9,13,15-16H,5,10-11H2,1-4H3. The van der Waals surface area contributed by atoms with E-state index in [2.05, 4.69) is 50.4 Å². The quantitative estimate of drug-likeness (QED) is 0.784. The maximum Gasteiger partial charge on any atom is 0.0558 e. The number of hydrogen-bond donors (Lipinski definition) is 1. The zero-order chi connectivity index (χ0) is 12.7. The SMILES string of the molecule is CCNC(Cc1ccc(C)cc1)CC(C)OC. The van der Waals surface area contributed by atoms with Crippen molar-refractivity contribution in [3.8, 4) is 0 Å². The smallest absolute Gasteiger partial charge is 0.0558 e. The lowest BCUT2D eigenvalue weighted by Crippen LogP contribution is -2.34. The van der Waals surface area contributed by atoms with Crippen LogP contribution in [0.3, 0.4) is 0 Å². The second kappa shape index (κ2) is 7.46. The minimum atomic E-state index is 0.310. The Bertz CT molecular complexity index is 307. The third-order valence-electron chi connectivity index (χ3n) is 3.11. The zero-order valence-corrected chi connectivity index (χ0v) is 11.5. The average Bonchev–Trinajstić information content (AvgIpc) is 2.32. The molecule has 2 heteroatoms. The lowest BCUT2D eigenvalue weighted by Gasteiger charge is -2.21. The molecule has 0 heterocycles. The summed E-state index contributed by atoms with van der Waals surface area (Å²) in [7, 11) is 1.78. The number of rotatable bonds is 7. The fourth-order valence-electron chi connectivity index (χ4n) is 2.03. The van der Waals surface area contributed by atoms with E-state index in [0.717, 1.165) is 19.4 Å². The van der Waals surface area contributed by atoms with Gasteiger partial charge in [0.1, 0.15) is 0 Å². The van der Waals surface area contributed by atoms with Crippen LogP contribution in [0, 0.1) is 6.92 Å². The largest absolute Gasteiger partial charge is 0.382 e. The number of aryl methyl sites for hydroxylation is 1. The molecule has 1 aromatic rings. The van der Waals surface area contributed by atoms with Crippen LogP contribution in [0.25, 0.3) is 0 Å². The summed E-state index contributed by atoms with van der Waals surface area (Å²) in [5.74, 6) is 0. The molecule has 0 amide bonds. The molecule has 0 radical (unpaired) electrons. The van der Waals surface area contributed by atoms with Gasteiger partial charge in [-0.1, -0.05) is 36.8 Å². The topological polar surface area (TPSA) is 21.3 Å². The average molecular weight is 235 g/mol. The summed E-state index contributed by atoms with van der Waals surface area (Å²) in [5.41, 5.74) is 2.71. The highest BCUT2D eigenvalue weighted by molar-refractivity contribution is 5.22. The van der Waals surface area contributed by atoms with E-state index in [9.17, 15) is 0 Å². The molecular formula is C15H25NO. The second-order valence-electron chi connectivity index (χ2n) is 4.73. The number of methoxy groups -OCH3 is 1. The van der Waals surface area contributed by atoms with Gasteiger partial charge in [0.05, 0.1) is 6.10 Å². The lowest BCUT2D eigenvalue weighted by molar-refractivity contribution is 0.101. The Morgan fingerprint density at radius 2 is 1.88 bits per heavy atom. The second-order valence-corrected chi connectivity index (χ2v) is 4.73. The van der Waals surface area contributed by atoms with Crippen molar-refractivity contribution >= 4 is 0 Å². The number of likely N-dealkylation sites (N-methyl/N-ethyl adjacent to an activating group) is 1. The first-order chi connectivity index (χ1) is 8.15. The molecule has 0 aromatic heterocycles. The summed E-state index contributed by atoms with van der Waals surface area (Å²) in [4.78, 5) is 0. The number of nitrogens with one attached hydrogen (secondary N) is 1. The summed E-state index contributed by atoms with van der Waals surface area (Å²) >= 11 is 0. The summed E-state index contributed by atoms with van der Waals surface area (Å²) in [6.45, 7) is 7.41. The lowest BCUT2D eigenvalue weighted by atomic mass is 10.00. The Hall–Kier alpha value is -0.860. The normalized spacial score (nSPS) is 14.6. The molecule has 0 spiro atoms. The molecule has 0 aliphatic carbocycles. The van der Waals surface area contributed by atoms with Crippen molar-refractivity contribution in [3.05, 3.63) is 35.4 Å². The van der Waals surface area contributed by atoms with Crippen LogP contribution in [0.2, 0.25) is 0 Å². The number of ether oxygens (including phenoxy) is 1. The number of hydrogen-bond acceptors (Lipinski definition) is 2. The summed E-state index contributed by atoms with van der Waals surface area (Å²) in [6.07, 6.45) is 2.43. The van der Waals surface area contributed by atoms with E-state index in [1.165, 1.54) is 11.1 Å². The van der Waals surface area contributed by atoms with E-state index >= 15 is 0 Å².